The topological polar surface area (TPSA) is 65.8 Å². The lowest BCUT2D eigenvalue weighted by Crippen LogP contribution is -2.39. The summed E-state index contributed by atoms with van der Waals surface area (Å²) in [6.45, 7) is 2.05. The molecule has 146 valence electrons. The summed E-state index contributed by atoms with van der Waals surface area (Å²) >= 11 is 0. The van der Waals surface area contributed by atoms with E-state index in [1.165, 1.54) is 0 Å². The van der Waals surface area contributed by atoms with Gasteiger partial charge in [-0.15, -0.1) is 0 Å². The fraction of sp³-hybridized carbons (Fsp3) is 0.208. The number of pyridine rings is 1. The van der Waals surface area contributed by atoms with Gasteiger partial charge in [-0.2, -0.15) is 5.10 Å². The minimum absolute atomic E-state index is 0.00640. The molecule has 29 heavy (non-hydrogen) atoms. The smallest absolute Gasteiger partial charge is 0.304 e. The van der Waals surface area contributed by atoms with Gasteiger partial charge in [0.15, 0.2) is 0 Å². The van der Waals surface area contributed by atoms with Crippen LogP contribution in [0.1, 0.15) is 36.9 Å². The van der Waals surface area contributed by atoms with E-state index < -0.39 is 11.4 Å². The Morgan fingerprint density at radius 1 is 1.03 bits per heavy atom. The maximum Gasteiger partial charge on any atom is 0.304 e. The van der Waals surface area contributed by atoms with Gasteiger partial charge in [-0.25, -0.2) is 0 Å². The molecule has 0 aliphatic carbocycles. The van der Waals surface area contributed by atoms with Crippen molar-refractivity contribution in [1.82, 2.24) is 4.98 Å². The van der Waals surface area contributed by atoms with Crippen molar-refractivity contribution in [2.24, 2.45) is 10.5 Å². The highest BCUT2D eigenvalue weighted by molar-refractivity contribution is 6.09. The quantitative estimate of drug-likeness (QED) is 0.654. The zero-order valence-corrected chi connectivity index (χ0v) is 16.3. The average molecular weight is 385 g/mol. The molecule has 0 fully saturated rings. The van der Waals surface area contributed by atoms with Gasteiger partial charge in [0, 0.05) is 6.20 Å². The van der Waals surface area contributed by atoms with Crippen LogP contribution in [0.4, 0.5) is 5.69 Å². The monoisotopic (exact) mass is 385 g/mol. The van der Waals surface area contributed by atoms with E-state index in [0.717, 1.165) is 22.5 Å². The molecule has 0 saturated carbocycles. The van der Waals surface area contributed by atoms with Gasteiger partial charge in [0.25, 0.3) is 0 Å². The number of carbonyl (C=O) groups is 1. The van der Waals surface area contributed by atoms with Crippen molar-refractivity contribution in [2.45, 2.75) is 25.8 Å². The molecule has 3 aromatic rings. The number of aliphatic carboxylic acids is 1. The molecule has 2 unspecified atom stereocenters. The van der Waals surface area contributed by atoms with Gasteiger partial charge < -0.3 is 5.11 Å². The van der Waals surface area contributed by atoms with Crippen molar-refractivity contribution in [3.8, 4) is 0 Å². The van der Waals surface area contributed by atoms with Crippen LogP contribution in [0.25, 0.3) is 0 Å². The Balaban J connectivity index is 1.96. The van der Waals surface area contributed by atoms with Crippen LogP contribution >= 0.6 is 0 Å². The van der Waals surface area contributed by atoms with Crippen LogP contribution < -0.4 is 5.01 Å². The van der Waals surface area contributed by atoms with Crippen LogP contribution in [0.5, 0.6) is 0 Å². The lowest BCUT2D eigenvalue weighted by molar-refractivity contribution is -0.139. The number of hydrogen-bond donors (Lipinski definition) is 1. The largest absolute Gasteiger partial charge is 0.481 e. The van der Waals surface area contributed by atoms with Gasteiger partial charge in [-0.3, -0.25) is 14.8 Å². The molecule has 0 saturated heterocycles. The van der Waals surface area contributed by atoms with Crippen molar-refractivity contribution in [3.05, 3.63) is 96.3 Å². The number of carboxylic acids is 1. The van der Waals surface area contributed by atoms with E-state index in [-0.39, 0.29) is 12.5 Å². The molecule has 0 bridgehead atoms. The highest BCUT2D eigenvalue weighted by Gasteiger charge is 2.52. The van der Waals surface area contributed by atoms with Crippen LogP contribution in [0, 0.1) is 5.41 Å². The van der Waals surface area contributed by atoms with Crippen molar-refractivity contribution < 1.29 is 9.90 Å². The second-order valence-electron chi connectivity index (χ2n) is 7.26. The SMILES string of the molecule is CCC1(CC(=O)O)C(c2ccccc2)=NN(c2cccnc2)C1c1ccccc1. The maximum atomic E-state index is 12.0. The van der Waals surface area contributed by atoms with Crippen LogP contribution in [-0.2, 0) is 4.79 Å². The molecule has 1 aliphatic heterocycles. The van der Waals surface area contributed by atoms with Crippen molar-refractivity contribution >= 4 is 17.4 Å². The molecule has 5 nitrogen and oxygen atoms in total. The van der Waals surface area contributed by atoms with E-state index in [0.29, 0.717) is 6.42 Å². The summed E-state index contributed by atoms with van der Waals surface area (Å²) in [5.74, 6) is -0.829. The number of anilines is 1. The molecule has 2 heterocycles. The summed E-state index contributed by atoms with van der Waals surface area (Å²) in [6, 6.07) is 23.5. The fourth-order valence-corrected chi connectivity index (χ4v) is 4.30. The zero-order chi connectivity index (χ0) is 20.3. The summed E-state index contributed by atoms with van der Waals surface area (Å²) in [5.41, 5.74) is 2.96. The van der Waals surface area contributed by atoms with E-state index in [1.807, 2.05) is 84.7 Å². The molecule has 5 heteroatoms. The van der Waals surface area contributed by atoms with E-state index in [2.05, 4.69) is 4.98 Å². The lowest BCUT2D eigenvalue weighted by Gasteiger charge is -2.37. The van der Waals surface area contributed by atoms with Gasteiger partial charge in [0.1, 0.15) is 0 Å². The molecule has 0 spiro atoms. The minimum atomic E-state index is -0.829. The lowest BCUT2D eigenvalue weighted by atomic mass is 9.68. The van der Waals surface area contributed by atoms with Crippen LogP contribution in [-0.4, -0.2) is 21.8 Å². The molecule has 4 rings (SSSR count). The summed E-state index contributed by atoms with van der Waals surface area (Å²) in [7, 11) is 0. The van der Waals surface area contributed by atoms with Gasteiger partial charge in [0.2, 0.25) is 0 Å². The van der Waals surface area contributed by atoms with Gasteiger partial charge >= 0.3 is 5.97 Å². The molecule has 2 atom stereocenters. The third-order valence-electron chi connectivity index (χ3n) is 5.62. The highest BCUT2D eigenvalue weighted by atomic mass is 16.4. The number of rotatable bonds is 6. The van der Waals surface area contributed by atoms with Gasteiger partial charge in [-0.1, -0.05) is 67.6 Å². The Labute approximate surface area is 170 Å². The van der Waals surface area contributed by atoms with E-state index in [4.69, 9.17) is 5.10 Å². The van der Waals surface area contributed by atoms with E-state index in [9.17, 15) is 9.90 Å². The summed E-state index contributed by atoms with van der Waals surface area (Å²) in [6.07, 6.45) is 4.13. The second kappa shape index (κ2) is 7.87. The predicted octanol–water partition coefficient (Wildman–Crippen LogP) is 4.92. The van der Waals surface area contributed by atoms with E-state index in [1.54, 1.807) is 12.4 Å². The molecular formula is C24H23N3O2. The molecule has 2 aromatic carbocycles. The first-order valence-corrected chi connectivity index (χ1v) is 9.76. The van der Waals surface area contributed by atoms with Crippen molar-refractivity contribution in [1.29, 1.82) is 0 Å². The van der Waals surface area contributed by atoms with Gasteiger partial charge in [0.05, 0.1) is 35.5 Å². The molecule has 1 aliphatic rings. The summed E-state index contributed by atoms with van der Waals surface area (Å²) in [4.78, 5) is 16.3. The highest BCUT2D eigenvalue weighted by Crippen LogP contribution is 2.52. The maximum absolute atomic E-state index is 12.0. The third kappa shape index (κ3) is 3.40. The Bertz CT molecular complexity index is 1010. The molecule has 0 radical (unpaired) electrons. The molecule has 1 aromatic heterocycles. The Kier molecular flexibility index (Phi) is 5.12. The van der Waals surface area contributed by atoms with Crippen LogP contribution in [0.3, 0.4) is 0 Å². The van der Waals surface area contributed by atoms with Crippen molar-refractivity contribution in [3.63, 3.8) is 0 Å². The van der Waals surface area contributed by atoms with Crippen molar-refractivity contribution in [2.75, 3.05) is 5.01 Å². The zero-order valence-electron chi connectivity index (χ0n) is 16.3. The molecular weight excluding hydrogens is 362 g/mol. The first-order valence-electron chi connectivity index (χ1n) is 9.76. The number of aromatic nitrogens is 1. The Hall–Kier alpha value is -3.47. The number of hydrazone groups is 1. The number of hydrogen-bond acceptors (Lipinski definition) is 4. The molecule has 1 N–H and O–H groups in total. The van der Waals surface area contributed by atoms with Gasteiger partial charge in [-0.05, 0) is 29.7 Å². The molecule has 0 amide bonds. The first-order chi connectivity index (χ1) is 14.2. The second-order valence-corrected chi connectivity index (χ2v) is 7.26. The number of carboxylic acid groups (broad SMARTS) is 1. The number of nitrogens with zero attached hydrogens (tertiary/aromatic N) is 3. The summed E-state index contributed by atoms with van der Waals surface area (Å²) < 4.78 is 0. The average Bonchev–Trinajstić information content (AvgIpc) is 3.10. The standard InChI is InChI=1S/C24H23N3O2/c1-2-24(16-21(28)29)22(18-10-5-3-6-11-18)26-27(20-14-9-15-25-17-20)23(24)19-12-7-4-8-13-19/h3-15,17,23H,2,16H2,1H3,(H,28,29). The fourth-order valence-electron chi connectivity index (χ4n) is 4.30. The predicted molar refractivity (Wildman–Crippen MR) is 114 cm³/mol. The minimum Gasteiger partial charge on any atom is -0.481 e. The number of benzene rings is 2. The Morgan fingerprint density at radius 3 is 2.31 bits per heavy atom. The first kappa shape index (κ1) is 18.9. The van der Waals surface area contributed by atoms with Crippen LogP contribution in [0.15, 0.2) is 90.3 Å². The Morgan fingerprint density at radius 2 is 1.72 bits per heavy atom. The summed E-state index contributed by atoms with van der Waals surface area (Å²) in [5, 5.41) is 16.8. The van der Waals surface area contributed by atoms with E-state index >= 15 is 0 Å². The normalized spacial score (nSPS) is 21.1. The third-order valence-corrected chi connectivity index (χ3v) is 5.62. The van der Waals surface area contributed by atoms with Crippen LogP contribution in [0.2, 0.25) is 0 Å².